The van der Waals surface area contributed by atoms with E-state index in [2.05, 4.69) is 19.8 Å². The van der Waals surface area contributed by atoms with Crippen LogP contribution in [0.5, 0.6) is 0 Å². The minimum atomic E-state index is 0.580. The summed E-state index contributed by atoms with van der Waals surface area (Å²) in [5.41, 5.74) is 8.21. The highest BCUT2D eigenvalue weighted by Crippen LogP contribution is 2.28. The van der Waals surface area contributed by atoms with Crippen LogP contribution in [0.2, 0.25) is 0 Å². The largest absolute Gasteiger partial charge is 0.392 e. The van der Waals surface area contributed by atoms with Gasteiger partial charge in [-0.3, -0.25) is 4.90 Å². The van der Waals surface area contributed by atoms with Gasteiger partial charge in [-0.15, -0.1) is 0 Å². The molecule has 2 heterocycles. The zero-order valence-corrected chi connectivity index (χ0v) is 11.8. The molecule has 2 aliphatic rings. The fourth-order valence-electron chi connectivity index (χ4n) is 2.95. The lowest BCUT2D eigenvalue weighted by Crippen LogP contribution is -2.49. The monoisotopic (exact) mass is 277 g/mol. The summed E-state index contributed by atoms with van der Waals surface area (Å²) in [7, 11) is 0. The number of hydrogen-bond donors (Lipinski definition) is 1. The predicted molar refractivity (Wildman–Crippen MR) is 79.5 cm³/mol. The van der Waals surface area contributed by atoms with Gasteiger partial charge in [-0.05, 0) is 19.3 Å². The summed E-state index contributed by atoms with van der Waals surface area (Å²) in [6, 6.07) is 0. The average molecular weight is 277 g/mol. The third kappa shape index (κ3) is 2.69. The molecule has 0 spiro atoms. The maximum Gasteiger partial charge on any atom is 0.135 e. The number of thiocarbonyl (C=S) groups is 1. The normalized spacial score (nSPS) is 19.5. The van der Waals surface area contributed by atoms with E-state index in [0.717, 1.165) is 51.4 Å². The lowest BCUT2D eigenvalue weighted by Gasteiger charge is -2.35. The highest BCUT2D eigenvalue weighted by atomic mass is 32.1. The van der Waals surface area contributed by atoms with Crippen LogP contribution in [0.1, 0.15) is 17.7 Å². The van der Waals surface area contributed by atoms with Crippen molar-refractivity contribution in [2.24, 2.45) is 5.73 Å². The zero-order chi connectivity index (χ0) is 13.2. The van der Waals surface area contributed by atoms with Crippen molar-refractivity contribution >= 4 is 23.0 Å². The molecule has 0 aromatic carbocycles. The Morgan fingerprint density at radius 2 is 2.00 bits per heavy atom. The third-order valence-electron chi connectivity index (χ3n) is 3.90. The van der Waals surface area contributed by atoms with Gasteiger partial charge in [-0.1, -0.05) is 12.2 Å². The molecule has 1 aromatic heterocycles. The quantitative estimate of drug-likeness (QED) is 0.806. The molecular formula is C13H19N5S. The summed E-state index contributed by atoms with van der Waals surface area (Å²) in [5, 5.41) is 0. The van der Waals surface area contributed by atoms with Crippen molar-refractivity contribution in [3.8, 4) is 0 Å². The molecule has 19 heavy (non-hydrogen) atoms. The Balaban J connectivity index is 1.69. The molecule has 1 aliphatic heterocycles. The van der Waals surface area contributed by atoms with E-state index in [1.54, 1.807) is 6.33 Å². The van der Waals surface area contributed by atoms with E-state index in [1.807, 2.05) is 0 Å². The lowest BCUT2D eigenvalue weighted by molar-refractivity contribution is 0.291. The van der Waals surface area contributed by atoms with Crippen LogP contribution in [0.3, 0.4) is 0 Å². The number of hydrogen-bond acceptors (Lipinski definition) is 5. The molecule has 1 fully saturated rings. The predicted octanol–water partition coefficient (Wildman–Crippen LogP) is 0.373. The van der Waals surface area contributed by atoms with E-state index in [0.29, 0.717) is 4.99 Å². The first-order valence-corrected chi connectivity index (χ1v) is 7.23. The highest BCUT2D eigenvalue weighted by Gasteiger charge is 2.24. The SMILES string of the molecule is NC(=S)CN1CCN(c2ncnc3c2CCC3)CC1. The van der Waals surface area contributed by atoms with Crippen LogP contribution in [0, 0.1) is 0 Å². The number of nitrogens with two attached hydrogens (primary N) is 1. The van der Waals surface area contributed by atoms with Gasteiger partial charge in [0.05, 0.1) is 4.99 Å². The molecule has 3 rings (SSSR count). The Bertz CT molecular complexity index is 482. The summed E-state index contributed by atoms with van der Waals surface area (Å²) in [6.07, 6.45) is 5.15. The Labute approximate surface area is 118 Å². The fraction of sp³-hybridized carbons (Fsp3) is 0.615. The van der Waals surface area contributed by atoms with Gasteiger partial charge in [0.15, 0.2) is 0 Å². The lowest BCUT2D eigenvalue weighted by atomic mass is 10.2. The Kier molecular flexibility index (Phi) is 3.61. The van der Waals surface area contributed by atoms with E-state index in [-0.39, 0.29) is 0 Å². The van der Waals surface area contributed by atoms with Crippen LogP contribution >= 0.6 is 12.2 Å². The topological polar surface area (TPSA) is 58.3 Å². The minimum absolute atomic E-state index is 0.580. The van der Waals surface area contributed by atoms with Gasteiger partial charge >= 0.3 is 0 Å². The van der Waals surface area contributed by atoms with Crippen LogP contribution in [-0.4, -0.2) is 52.6 Å². The van der Waals surface area contributed by atoms with E-state index >= 15 is 0 Å². The number of fused-ring (bicyclic) bond motifs is 1. The maximum atomic E-state index is 5.60. The number of aromatic nitrogens is 2. The first-order valence-electron chi connectivity index (χ1n) is 6.82. The van der Waals surface area contributed by atoms with Crippen molar-refractivity contribution in [2.75, 3.05) is 37.6 Å². The molecule has 6 heteroatoms. The second kappa shape index (κ2) is 5.38. The minimum Gasteiger partial charge on any atom is -0.392 e. The molecule has 1 aliphatic carbocycles. The van der Waals surface area contributed by atoms with Crippen LogP contribution < -0.4 is 10.6 Å². The van der Waals surface area contributed by atoms with Crippen LogP contribution in [0.25, 0.3) is 0 Å². The molecule has 0 bridgehead atoms. The van der Waals surface area contributed by atoms with E-state index in [4.69, 9.17) is 18.0 Å². The second-order valence-corrected chi connectivity index (χ2v) is 5.73. The average Bonchev–Trinajstić information content (AvgIpc) is 2.87. The van der Waals surface area contributed by atoms with Gasteiger partial charge in [-0.2, -0.15) is 0 Å². The molecule has 1 aromatic rings. The third-order valence-corrected chi connectivity index (χ3v) is 4.03. The Morgan fingerprint density at radius 3 is 2.74 bits per heavy atom. The molecule has 0 unspecified atom stereocenters. The van der Waals surface area contributed by atoms with Gasteiger partial charge in [-0.25, -0.2) is 9.97 Å². The number of aryl methyl sites for hydroxylation is 1. The number of anilines is 1. The molecule has 0 saturated carbocycles. The van der Waals surface area contributed by atoms with Crippen LogP contribution in [-0.2, 0) is 12.8 Å². The molecule has 102 valence electrons. The molecule has 0 amide bonds. The number of rotatable bonds is 3. The number of nitrogens with zero attached hydrogens (tertiary/aromatic N) is 4. The van der Waals surface area contributed by atoms with Crippen molar-refractivity contribution in [2.45, 2.75) is 19.3 Å². The molecule has 0 atom stereocenters. The molecule has 0 radical (unpaired) electrons. The maximum absolute atomic E-state index is 5.60. The summed E-state index contributed by atoms with van der Waals surface area (Å²) in [5.74, 6) is 1.15. The first-order chi connectivity index (χ1) is 9.24. The number of piperazine rings is 1. The highest BCUT2D eigenvalue weighted by molar-refractivity contribution is 7.80. The van der Waals surface area contributed by atoms with Gasteiger partial charge in [0.1, 0.15) is 12.1 Å². The Morgan fingerprint density at radius 1 is 1.21 bits per heavy atom. The van der Waals surface area contributed by atoms with Crippen molar-refractivity contribution in [3.05, 3.63) is 17.6 Å². The van der Waals surface area contributed by atoms with Crippen molar-refractivity contribution in [1.82, 2.24) is 14.9 Å². The van der Waals surface area contributed by atoms with Crippen molar-refractivity contribution in [3.63, 3.8) is 0 Å². The van der Waals surface area contributed by atoms with Crippen LogP contribution in [0.4, 0.5) is 5.82 Å². The van der Waals surface area contributed by atoms with Crippen LogP contribution in [0.15, 0.2) is 6.33 Å². The molecule has 2 N–H and O–H groups in total. The fourth-order valence-corrected chi connectivity index (χ4v) is 3.14. The van der Waals surface area contributed by atoms with Gasteiger partial charge in [0, 0.05) is 44.0 Å². The smallest absolute Gasteiger partial charge is 0.135 e. The second-order valence-electron chi connectivity index (χ2n) is 5.21. The van der Waals surface area contributed by atoms with E-state index < -0.39 is 0 Å². The summed E-state index contributed by atoms with van der Waals surface area (Å²) in [6.45, 7) is 4.70. The molecule has 5 nitrogen and oxygen atoms in total. The van der Waals surface area contributed by atoms with E-state index in [9.17, 15) is 0 Å². The summed E-state index contributed by atoms with van der Waals surface area (Å²) >= 11 is 4.97. The standard InChI is InChI=1S/C13H19N5S/c14-12(19)8-17-4-6-18(7-5-17)13-10-2-1-3-11(10)15-9-16-13/h9H,1-8H2,(H2,14,19). The van der Waals surface area contributed by atoms with Crippen molar-refractivity contribution < 1.29 is 0 Å². The van der Waals surface area contributed by atoms with E-state index in [1.165, 1.54) is 17.7 Å². The van der Waals surface area contributed by atoms with Gasteiger partial charge < -0.3 is 10.6 Å². The Hall–Kier alpha value is -1.27. The molecule has 1 saturated heterocycles. The summed E-state index contributed by atoms with van der Waals surface area (Å²) < 4.78 is 0. The zero-order valence-electron chi connectivity index (χ0n) is 11.0. The van der Waals surface area contributed by atoms with Gasteiger partial charge in [0.25, 0.3) is 0 Å². The molecular weight excluding hydrogens is 258 g/mol. The van der Waals surface area contributed by atoms with Gasteiger partial charge in [0.2, 0.25) is 0 Å². The van der Waals surface area contributed by atoms with Crippen molar-refractivity contribution in [1.29, 1.82) is 0 Å². The summed E-state index contributed by atoms with van der Waals surface area (Å²) in [4.78, 5) is 14.2. The first kappa shape index (κ1) is 12.7.